The molecule has 166 valence electrons. The van der Waals surface area contributed by atoms with Crippen molar-refractivity contribution < 1.29 is 27.1 Å². The highest BCUT2D eigenvalue weighted by atomic mass is 32.2. The number of fused-ring (bicyclic) bond motifs is 1. The highest BCUT2D eigenvalue weighted by Crippen LogP contribution is 2.31. The van der Waals surface area contributed by atoms with E-state index >= 15 is 0 Å². The molecule has 3 rings (SSSR count). The van der Waals surface area contributed by atoms with Gasteiger partial charge in [-0.05, 0) is 18.6 Å². The summed E-state index contributed by atoms with van der Waals surface area (Å²) in [4.78, 5) is 20.8. The van der Waals surface area contributed by atoms with Crippen LogP contribution in [0.25, 0.3) is 10.2 Å². The van der Waals surface area contributed by atoms with Gasteiger partial charge in [-0.25, -0.2) is 27.2 Å². The number of benzene rings is 1. The maximum Gasteiger partial charge on any atom is 0.258 e. The first-order chi connectivity index (χ1) is 14.8. The summed E-state index contributed by atoms with van der Waals surface area (Å²) in [5, 5.41) is 15.5. The van der Waals surface area contributed by atoms with Crippen LogP contribution < -0.4 is 15.4 Å². The highest BCUT2D eigenvalue weighted by molar-refractivity contribution is 7.92. The minimum atomic E-state index is -3.81. The van der Waals surface area contributed by atoms with Crippen LogP contribution in [-0.4, -0.2) is 48.3 Å². The molecule has 3 aromatic rings. The molecular weight excluding hydrogens is 452 g/mol. The van der Waals surface area contributed by atoms with Gasteiger partial charge in [0, 0.05) is 11.9 Å². The van der Waals surface area contributed by atoms with Gasteiger partial charge in [-0.1, -0.05) is 6.92 Å². The number of carbonyl (C=O) groups is 1. The van der Waals surface area contributed by atoms with Crippen LogP contribution in [0.4, 0.5) is 26.0 Å². The number of nitrogens with zero attached hydrogens (tertiary/aromatic N) is 2. The minimum absolute atomic E-state index is 0.0604. The molecule has 0 saturated carbocycles. The second kappa shape index (κ2) is 9.49. The van der Waals surface area contributed by atoms with Gasteiger partial charge in [-0.2, -0.15) is 0 Å². The van der Waals surface area contributed by atoms with Gasteiger partial charge in [0.05, 0.1) is 33.8 Å². The number of thiophene rings is 1. The Morgan fingerprint density at radius 2 is 2.03 bits per heavy atom. The van der Waals surface area contributed by atoms with Crippen molar-refractivity contribution in [2.24, 2.45) is 0 Å². The standard InChI is InChI=1S/C18H19F2N5O4S2/c1-2-7-31(28,29)25-12-4-3-11(19)15(13(12)20)24-18(27)10-8-30-16-14(10)22-9-23-17(16)21-5-6-26/h3-4,8-9,25-26H,2,5-7H2,1H3,(H,24,27)(H,21,22,23). The molecule has 0 radical (unpaired) electrons. The van der Waals surface area contributed by atoms with E-state index in [4.69, 9.17) is 5.11 Å². The molecule has 0 spiro atoms. The van der Waals surface area contributed by atoms with E-state index in [1.54, 1.807) is 6.92 Å². The van der Waals surface area contributed by atoms with Crippen LogP contribution in [0.2, 0.25) is 0 Å². The smallest absolute Gasteiger partial charge is 0.258 e. The molecule has 0 unspecified atom stereocenters. The molecule has 0 atom stereocenters. The molecule has 9 nitrogen and oxygen atoms in total. The van der Waals surface area contributed by atoms with E-state index in [0.29, 0.717) is 16.9 Å². The molecule has 0 bridgehead atoms. The second-order valence-electron chi connectivity index (χ2n) is 6.36. The van der Waals surface area contributed by atoms with Crippen LogP contribution in [-0.2, 0) is 10.0 Å². The van der Waals surface area contributed by atoms with Crippen LogP contribution in [0.15, 0.2) is 23.8 Å². The summed E-state index contributed by atoms with van der Waals surface area (Å²) in [6.07, 6.45) is 1.53. The molecule has 4 N–H and O–H groups in total. The fraction of sp³-hybridized carbons (Fsp3) is 0.278. The number of aromatic nitrogens is 2. The number of nitrogens with one attached hydrogen (secondary N) is 3. The quantitative estimate of drug-likeness (QED) is 0.377. The van der Waals surface area contributed by atoms with Crippen LogP contribution in [0.1, 0.15) is 23.7 Å². The Labute approximate surface area is 180 Å². The fourth-order valence-corrected chi connectivity index (χ4v) is 4.82. The van der Waals surface area contributed by atoms with Crippen molar-refractivity contribution in [2.45, 2.75) is 13.3 Å². The summed E-state index contributed by atoms with van der Waals surface area (Å²) in [6, 6.07) is 1.80. The van der Waals surface area contributed by atoms with Crippen molar-refractivity contribution in [3.63, 3.8) is 0 Å². The molecule has 0 aliphatic rings. The summed E-state index contributed by atoms with van der Waals surface area (Å²) >= 11 is 1.15. The summed E-state index contributed by atoms with van der Waals surface area (Å²) in [6.45, 7) is 1.76. The summed E-state index contributed by atoms with van der Waals surface area (Å²) < 4.78 is 55.4. The van der Waals surface area contributed by atoms with Crippen molar-refractivity contribution >= 4 is 54.7 Å². The molecule has 2 aromatic heterocycles. The number of amides is 1. The van der Waals surface area contributed by atoms with Gasteiger partial charge in [-0.15, -0.1) is 11.3 Å². The lowest BCUT2D eigenvalue weighted by Gasteiger charge is -2.12. The van der Waals surface area contributed by atoms with Gasteiger partial charge in [0.25, 0.3) is 5.91 Å². The van der Waals surface area contributed by atoms with Gasteiger partial charge >= 0.3 is 0 Å². The number of sulfonamides is 1. The van der Waals surface area contributed by atoms with Gasteiger partial charge in [0.15, 0.2) is 5.82 Å². The summed E-state index contributed by atoms with van der Waals surface area (Å²) in [7, 11) is -3.81. The van der Waals surface area contributed by atoms with Crippen molar-refractivity contribution in [3.8, 4) is 0 Å². The zero-order chi connectivity index (χ0) is 22.6. The van der Waals surface area contributed by atoms with E-state index in [-0.39, 0.29) is 30.0 Å². The molecule has 1 amide bonds. The van der Waals surface area contributed by atoms with E-state index in [9.17, 15) is 22.0 Å². The van der Waals surface area contributed by atoms with Crippen LogP contribution in [0.3, 0.4) is 0 Å². The average Bonchev–Trinajstić information content (AvgIpc) is 3.16. The number of halogens is 2. The van der Waals surface area contributed by atoms with Crippen LogP contribution >= 0.6 is 11.3 Å². The van der Waals surface area contributed by atoms with E-state index in [0.717, 1.165) is 23.5 Å². The number of aliphatic hydroxyl groups is 1. The van der Waals surface area contributed by atoms with Gasteiger partial charge in [0.2, 0.25) is 10.0 Å². The van der Waals surface area contributed by atoms with E-state index in [2.05, 4.69) is 25.3 Å². The van der Waals surface area contributed by atoms with Crippen molar-refractivity contribution in [1.29, 1.82) is 0 Å². The SMILES string of the molecule is CCCS(=O)(=O)Nc1ccc(F)c(NC(=O)c2csc3c(NCCO)ncnc23)c1F. The Morgan fingerprint density at radius 1 is 1.26 bits per heavy atom. The molecule has 31 heavy (non-hydrogen) atoms. The molecule has 0 saturated heterocycles. The third kappa shape index (κ3) is 5.06. The number of rotatable bonds is 9. The van der Waals surface area contributed by atoms with E-state index < -0.39 is 38.9 Å². The molecule has 0 aliphatic heterocycles. The number of carbonyl (C=O) groups excluding carboxylic acids is 1. The molecule has 0 fully saturated rings. The molecule has 13 heteroatoms. The predicted octanol–water partition coefficient (Wildman–Crippen LogP) is 2.78. The summed E-state index contributed by atoms with van der Waals surface area (Å²) in [5.41, 5.74) is -0.935. The monoisotopic (exact) mass is 471 g/mol. The second-order valence-corrected chi connectivity index (χ2v) is 9.08. The summed E-state index contributed by atoms with van der Waals surface area (Å²) in [5.74, 6) is -2.97. The normalized spacial score (nSPS) is 11.5. The van der Waals surface area contributed by atoms with Gasteiger partial charge in [0.1, 0.15) is 23.6 Å². The van der Waals surface area contributed by atoms with Crippen molar-refractivity contribution in [3.05, 3.63) is 41.0 Å². The van der Waals surface area contributed by atoms with E-state index in [1.165, 1.54) is 11.7 Å². The number of hydrogen-bond acceptors (Lipinski definition) is 8. The number of anilines is 3. The first kappa shape index (κ1) is 22.8. The molecule has 1 aromatic carbocycles. The minimum Gasteiger partial charge on any atom is -0.395 e. The fourth-order valence-electron chi connectivity index (χ4n) is 2.73. The molecule has 2 heterocycles. The van der Waals surface area contributed by atoms with Gasteiger partial charge < -0.3 is 15.7 Å². The largest absolute Gasteiger partial charge is 0.395 e. The number of aliphatic hydroxyl groups excluding tert-OH is 1. The zero-order valence-corrected chi connectivity index (χ0v) is 17.9. The molecular formula is C18H19F2N5O4S2. The first-order valence-corrected chi connectivity index (χ1v) is 11.7. The molecule has 0 aliphatic carbocycles. The van der Waals surface area contributed by atoms with Crippen molar-refractivity contribution in [1.82, 2.24) is 9.97 Å². The van der Waals surface area contributed by atoms with Crippen molar-refractivity contribution in [2.75, 3.05) is 34.3 Å². The Bertz CT molecular complexity index is 1220. The Kier molecular flexibility index (Phi) is 6.97. The lowest BCUT2D eigenvalue weighted by molar-refractivity contribution is 0.102. The van der Waals surface area contributed by atoms with E-state index in [1.807, 2.05) is 0 Å². The topological polar surface area (TPSA) is 133 Å². The Morgan fingerprint density at radius 3 is 2.74 bits per heavy atom. The van der Waals surface area contributed by atoms with Crippen LogP contribution in [0.5, 0.6) is 0 Å². The maximum absolute atomic E-state index is 14.8. The first-order valence-electron chi connectivity index (χ1n) is 9.14. The van der Waals surface area contributed by atoms with Gasteiger partial charge in [-0.3, -0.25) is 9.52 Å². The highest BCUT2D eigenvalue weighted by Gasteiger charge is 2.22. The Hall–Kier alpha value is -2.90. The lowest BCUT2D eigenvalue weighted by Crippen LogP contribution is -2.19. The number of hydrogen-bond donors (Lipinski definition) is 4. The third-order valence-electron chi connectivity index (χ3n) is 4.07. The Balaban J connectivity index is 1.91. The average molecular weight is 472 g/mol. The lowest BCUT2D eigenvalue weighted by atomic mass is 10.2. The van der Waals surface area contributed by atoms with Crippen LogP contribution in [0, 0.1) is 11.6 Å². The maximum atomic E-state index is 14.8. The third-order valence-corrected chi connectivity index (χ3v) is 6.52. The predicted molar refractivity (Wildman–Crippen MR) is 115 cm³/mol. The zero-order valence-electron chi connectivity index (χ0n) is 16.3.